The molecule has 2 heteroatoms. The Hall–Kier alpha value is -0.760. The van der Waals surface area contributed by atoms with E-state index in [1.165, 1.54) is 0 Å². The van der Waals surface area contributed by atoms with Crippen molar-refractivity contribution in [3.63, 3.8) is 0 Å². The van der Waals surface area contributed by atoms with E-state index in [2.05, 4.69) is 0 Å². The van der Waals surface area contributed by atoms with E-state index in [1.807, 2.05) is 12.1 Å². The monoisotopic (exact) mass is 139 g/mol. The zero-order chi connectivity index (χ0) is 7.23. The second-order valence-electron chi connectivity index (χ2n) is 2.24. The molecule has 0 N–H and O–H groups in total. The highest BCUT2D eigenvalue weighted by molar-refractivity contribution is 4.97. The van der Waals surface area contributed by atoms with E-state index in [4.69, 9.17) is 4.42 Å². The van der Waals surface area contributed by atoms with Gasteiger partial charge >= 0.3 is 0 Å². The van der Waals surface area contributed by atoms with Gasteiger partial charge in [0.2, 0.25) is 0 Å². The molecular formula is C8H11O2. The highest BCUT2D eigenvalue weighted by Crippen LogP contribution is 2.04. The lowest BCUT2D eigenvalue weighted by atomic mass is 10.2. The quantitative estimate of drug-likeness (QED) is 0.587. The summed E-state index contributed by atoms with van der Waals surface area (Å²) in [6.07, 6.45) is 4.25. The number of furan rings is 1. The van der Waals surface area contributed by atoms with Crippen LogP contribution < -0.4 is 0 Å². The molecule has 0 fully saturated rings. The van der Waals surface area contributed by atoms with Crippen LogP contribution in [0.1, 0.15) is 18.6 Å². The second-order valence-corrected chi connectivity index (χ2v) is 2.24. The van der Waals surface area contributed by atoms with Crippen molar-refractivity contribution in [1.82, 2.24) is 0 Å². The molecule has 0 saturated heterocycles. The maximum Gasteiger partial charge on any atom is 0.103 e. The molecule has 55 valence electrons. The average molecular weight is 139 g/mol. The van der Waals surface area contributed by atoms with Crippen LogP contribution in [0, 0.1) is 0 Å². The van der Waals surface area contributed by atoms with Crippen molar-refractivity contribution in [2.24, 2.45) is 0 Å². The minimum atomic E-state index is 0.0285. The number of hydrogen-bond donors (Lipinski definition) is 0. The molecule has 10 heavy (non-hydrogen) atoms. The van der Waals surface area contributed by atoms with Gasteiger partial charge in [0.25, 0.3) is 0 Å². The third kappa shape index (κ3) is 2.23. The third-order valence-corrected chi connectivity index (χ3v) is 1.40. The van der Waals surface area contributed by atoms with Crippen LogP contribution >= 0.6 is 0 Å². The fraction of sp³-hybridized carbons (Fsp3) is 0.500. The molecule has 0 spiro atoms. The Balaban J connectivity index is 2.15. The Morgan fingerprint density at radius 1 is 1.40 bits per heavy atom. The smallest absolute Gasteiger partial charge is 0.103 e. The summed E-state index contributed by atoms with van der Waals surface area (Å²) in [7, 11) is 0. The maximum atomic E-state index is 10.0. The van der Waals surface area contributed by atoms with Gasteiger partial charge in [-0.2, -0.15) is 0 Å². The first-order valence-electron chi connectivity index (χ1n) is 3.54. The van der Waals surface area contributed by atoms with Gasteiger partial charge in [-0.1, -0.05) is 0 Å². The Morgan fingerprint density at radius 3 is 2.90 bits per heavy atom. The topological polar surface area (TPSA) is 33.0 Å². The average Bonchev–Trinajstić information content (AvgIpc) is 2.41. The molecule has 0 aliphatic heterocycles. The SMILES string of the molecule is [O]CCCCc1ccco1. The van der Waals surface area contributed by atoms with Crippen molar-refractivity contribution < 1.29 is 9.52 Å². The molecular weight excluding hydrogens is 128 g/mol. The van der Waals surface area contributed by atoms with Gasteiger partial charge < -0.3 is 4.42 Å². The van der Waals surface area contributed by atoms with E-state index in [9.17, 15) is 5.11 Å². The first kappa shape index (κ1) is 7.35. The van der Waals surface area contributed by atoms with Crippen molar-refractivity contribution >= 4 is 0 Å². The molecule has 2 nitrogen and oxygen atoms in total. The van der Waals surface area contributed by atoms with Crippen molar-refractivity contribution in [2.45, 2.75) is 19.3 Å². The van der Waals surface area contributed by atoms with Gasteiger partial charge in [0.15, 0.2) is 0 Å². The molecule has 1 aromatic rings. The van der Waals surface area contributed by atoms with Crippen molar-refractivity contribution in [3.8, 4) is 0 Å². The van der Waals surface area contributed by atoms with Crippen LogP contribution in [0.4, 0.5) is 0 Å². The predicted molar refractivity (Wildman–Crippen MR) is 37.2 cm³/mol. The Labute approximate surface area is 60.5 Å². The van der Waals surface area contributed by atoms with Gasteiger partial charge in [0, 0.05) is 6.42 Å². The first-order chi connectivity index (χ1) is 4.93. The number of aryl methyl sites for hydroxylation is 1. The van der Waals surface area contributed by atoms with Crippen molar-refractivity contribution in [3.05, 3.63) is 24.2 Å². The Bertz CT molecular complexity index is 156. The summed E-state index contributed by atoms with van der Waals surface area (Å²) in [6.45, 7) is 0.0285. The molecule has 1 aromatic heterocycles. The summed E-state index contributed by atoms with van der Waals surface area (Å²) in [6, 6.07) is 3.80. The lowest BCUT2D eigenvalue weighted by molar-refractivity contribution is 0.186. The van der Waals surface area contributed by atoms with E-state index in [-0.39, 0.29) is 6.61 Å². The van der Waals surface area contributed by atoms with E-state index in [1.54, 1.807) is 6.26 Å². The zero-order valence-corrected chi connectivity index (χ0v) is 5.88. The molecule has 0 saturated carbocycles. The summed E-state index contributed by atoms with van der Waals surface area (Å²) < 4.78 is 5.08. The molecule has 0 atom stereocenters. The summed E-state index contributed by atoms with van der Waals surface area (Å²) in [4.78, 5) is 0. The molecule has 0 bridgehead atoms. The van der Waals surface area contributed by atoms with Crippen LogP contribution in [0.15, 0.2) is 22.8 Å². The highest BCUT2D eigenvalue weighted by atomic mass is 16.3. The molecule has 0 aliphatic carbocycles. The third-order valence-electron chi connectivity index (χ3n) is 1.40. The van der Waals surface area contributed by atoms with Crippen LogP contribution in [-0.2, 0) is 11.5 Å². The number of unbranched alkanes of at least 4 members (excludes halogenated alkanes) is 1. The van der Waals surface area contributed by atoms with Gasteiger partial charge in [-0.15, -0.1) is 0 Å². The summed E-state index contributed by atoms with van der Waals surface area (Å²) in [5.74, 6) is 0.980. The van der Waals surface area contributed by atoms with Gasteiger partial charge in [0.05, 0.1) is 12.9 Å². The lowest BCUT2D eigenvalue weighted by Gasteiger charge is -1.92. The second kappa shape index (κ2) is 4.12. The Morgan fingerprint density at radius 2 is 2.30 bits per heavy atom. The number of rotatable bonds is 4. The van der Waals surface area contributed by atoms with Crippen molar-refractivity contribution in [2.75, 3.05) is 6.61 Å². The highest BCUT2D eigenvalue weighted by Gasteiger charge is 1.93. The fourth-order valence-corrected chi connectivity index (χ4v) is 0.856. The van der Waals surface area contributed by atoms with Crippen LogP contribution in [0.25, 0.3) is 0 Å². The molecule has 1 heterocycles. The van der Waals surface area contributed by atoms with E-state index >= 15 is 0 Å². The largest absolute Gasteiger partial charge is 0.469 e. The van der Waals surface area contributed by atoms with E-state index in [0.717, 1.165) is 25.0 Å². The molecule has 0 unspecified atom stereocenters. The Kier molecular flexibility index (Phi) is 3.03. The molecule has 0 amide bonds. The van der Waals surface area contributed by atoms with Gasteiger partial charge in [-0.25, -0.2) is 5.11 Å². The van der Waals surface area contributed by atoms with Crippen molar-refractivity contribution in [1.29, 1.82) is 0 Å². The summed E-state index contributed by atoms with van der Waals surface area (Å²) in [5.41, 5.74) is 0. The summed E-state index contributed by atoms with van der Waals surface area (Å²) in [5, 5.41) is 10.0. The normalized spacial score (nSPS) is 10.1. The van der Waals surface area contributed by atoms with E-state index < -0.39 is 0 Å². The van der Waals surface area contributed by atoms with Gasteiger partial charge in [-0.3, -0.25) is 0 Å². The maximum absolute atomic E-state index is 10.0. The molecule has 0 aromatic carbocycles. The van der Waals surface area contributed by atoms with Crippen LogP contribution in [0.5, 0.6) is 0 Å². The van der Waals surface area contributed by atoms with Gasteiger partial charge in [0.1, 0.15) is 5.76 Å². The van der Waals surface area contributed by atoms with Gasteiger partial charge in [-0.05, 0) is 25.0 Å². The van der Waals surface area contributed by atoms with Crippen LogP contribution in [0.2, 0.25) is 0 Å². The van der Waals surface area contributed by atoms with Crippen LogP contribution in [-0.4, -0.2) is 6.61 Å². The zero-order valence-electron chi connectivity index (χ0n) is 5.88. The lowest BCUT2D eigenvalue weighted by Crippen LogP contribution is -1.84. The first-order valence-corrected chi connectivity index (χ1v) is 3.54. The standard InChI is InChI=1S/C8H11O2/c9-6-2-1-4-8-5-3-7-10-8/h3,5,7H,1-2,4,6H2. The molecule has 1 rings (SSSR count). The minimum Gasteiger partial charge on any atom is -0.469 e. The summed E-state index contributed by atoms with van der Waals surface area (Å²) >= 11 is 0. The predicted octanol–water partition coefficient (Wildman–Crippen LogP) is 2.03. The molecule has 0 aliphatic rings. The molecule has 1 radical (unpaired) electrons. The minimum absolute atomic E-state index is 0.0285. The van der Waals surface area contributed by atoms with E-state index in [0.29, 0.717) is 0 Å². The fourth-order valence-electron chi connectivity index (χ4n) is 0.856. The van der Waals surface area contributed by atoms with Crippen LogP contribution in [0.3, 0.4) is 0 Å². The number of hydrogen-bond acceptors (Lipinski definition) is 1.